The van der Waals surface area contributed by atoms with Crippen molar-refractivity contribution in [2.24, 2.45) is 5.92 Å². The van der Waals surface area contributed by atoms with E-state index in [4.69, 9.17) is 0 Å². The van der Waals surface area contributed by atoms with Crippen molar-refractivity contribution < 1.29 is 57.5 Å². The van der Waals surface area contributed by atoms with Gasteiger partial charge in [0, 0.05) is 82.1 Å². The van der Waals surface area contributed by atoms with E-state index in [1.165, 1.54) is 92.8 Å². The molecule has 1 spiro atoms. The SMILES string of the molecule is Cc1ccc(CC2C(=O)N(C)CC(=O)NCC(=O)N3CCCC3C(=O)NC3(CCCC3)C(=O)N(C)CC(=O)N(C)C(C(=O)N(C)C)CSCC(=O)N(C)C(CC(C)C)C(=O)NCC(=O)N(C)CC(=O)N(C)CC(=O)N2C)cc1. The van der Waals surface area contributed by atoms with Crippen LogP contribution in [-0.4, -0.2) is 265 Å². The second-order valence-electron chi connectivity index (χ2n) is 21.5. The molecule has 2 heterocycles. The molecule has 4 unspecified atom stereocenters. The summed E-state index contributed by atoms with van der Waals surface area (Å²) in [7, 11) is 12.9. The number of nitrogens with one attached hydrogen (secondary N) is 3. The van der Waals surface area contributed by atoms with Crippen LogP contribution in [0.5, 0.6) is 0 Å². The Labute approximate surface area is 462 Å². The van der Waals surface area contributed by atoms with Crippen LogP contribution >= 0.6 is 11.8 Å². The van der Waals surface area contributed by atoms with Gasteiger partial charge in [-0.25, -0.2) is 0 Å². The van der Waals surface area contributed by atoms with E-state index in [0.717, 1.165) is 32.0 Å². The summed E-state index contributed by atoms with van der Waals surface area (Å²) in [5, 5.41) is 8.08. The van der Waals surface area contributed by atoms with Crippen LogP contribution < -0.4 is 16.0 Å². The molecule has 1 aromatic carbocycles. The summed E-state index contributed by atoms with van der Waals surface area (Å²) in [4.78, 5) is 176. The highest BCUT2D eigenvalue weighted by Crippen LogP contribution is 2.32. The van der Waals surface area contributed by atoms with Crippen molar-refractivity contribution in [2.75, 3.05) is 121 Å². The maximum absolute atomic E-state index is 14.4. The first kappa shape index (κ1) is 63.7. The minimum atomic E-state index is -1.39. The molecule has 12 amide bonds. The molecule has 2 aliphatic heterocycles. The lowest BCUT2D eigenvalue weighted by molar-refractivity contribution is -0.148. The van der Waals surface area contributed by atoms with Gasteiger partial charge in [-0.05, 0) is 50.5 Å². The zero-order chi connectivity index (χ0) is 58.3. The minimum absolute atomic E-state index is 0.0251. The number of hydrogen-bond acceptors (Lipinski definition) is 13. The summed E-state index contributed by atoms with van der Waals surface area (Å²) in [6, 6.07) is 3.13. The number of hydrogen-bond donors (Lipinski definition) is 3. The van der Waals surface area contributed by atoms with Gasteiger partial charge in [0.2, 0.25) is 70.9 Å². The van der Waals surface area contributed by atoms with Gasteiger partial charge in [0.05, 0.1) is 45.0 Å². The smallest absolute Gasteiger partial charge is 0.248 e. The molecule has 1 aliphatic carbocycles. The van der Waals surface area contributed by atoms with Gasteiger partial charge in [-0.2, -0.15) is 0 Å². The number of benzene rings is 1. The molecule has 1 saturated carbocycles. The Kier molecular flexibility index (Phi) is 23.5. The van der Waals surface area contributed by atoms with Crippen LogP contribution in [0.25, 0.3) is 0 Å². The Morgan fingerprint density at radius 1 is 0.654 bits per heavy atom. The number of rotatable bonds is 5. The van der Waals surface area contributed by atoms with Crippen molar-refractivity contribution in [1.29, 1.82) is 0 Å². The molecule has 3 aliphatic rings. The number of aryl methyl sites for hydroxylation is 1. The molecule has 24 nitrogen and oxygen atoms in total. The third-order valence-electron chi connectivity index (χ3n) is 14.7. The fourth-order valence-corrected chi connectivity index (χ4v) is 10.7. The normalized spacial score (nSPS) is 23.8. The largest absolute Gasteiger partial charge is 0.347 e. The van der Waals surface area contributed by atoms with E-state index in [-0.39, 0.29) is 56.1 Å². The summed E-state index contributed by atoms with van der Waals surface area (Å²) < 4.78 is 0. The molecule has 0 bridgehead atoms. The molecule has 3 fully saturated rings. The van der Waals surface area contributed by atoms with Crippen LogP contribution in [0.2, 0.25) is 0 Å². The van der Waals surface area contributed by atoms with Crippen LogP contribution in [-0.2, 0) is 64.0 Å². The lowest BCUT2D eigenvalue weighted by Crippen LogP contribution is -2.62. The second-order valence-corrected chi connectivity index (χ2v) is 22.5. The fourth-order valence-electron chi connectivity index (χ4n) is 9.64. The average Bonchev–Trinajstić information content (AvgIpc) is 4.13. The van der Waals surface area contributed by atoms with Gasteiger partial charge >= 0.3 is 0 Å². The van der Waals surface area contributed by atoms with Crippen molar-refractivity contribution in [2.45, 2.75) is 102 Å². The van der Waals surface area contributed by atoms with E-state index in [1.807, 2.05) is 45.0 Å². The van der Waals surface area contributed by atoms with E-state index in [0.29, 0.717) is 24.8 Å². The van der Waals surface area contributed by atoms with Gasteiger partial charge in [0.1, 0.15) is 29.7 Å². The van der Waals surface area contributed by atoms with Crippen LogP contribution in [0, 0.1) is 12.8 Å². The zero-order valence-electron chi connectivity index (χ0n) is 47.5. The predicted octanol–water partition coefficient (Wildman–Crippen LogP) is -1.61. The third-order valence-corrected chi connectivity index (χ3v) is 15.7. The molecule has 78 heavy (non-hydrogen) atoms. The second kappa shape index (κ2) is 28.7. The third kappa shape index (κ3) is 17.1. The number of fused-ring (bicyclic) bond motifs is 1. The molecule has 4 rings (SSSR count). The topological polar surface area (TPSA) is 270 Å². The maximum Gasteiger partial charge on any atom is 0.248 e. The highest BCUT2D eigenvalue weighted by molar-refractivity contribution is 8.00. The van der Waals surface area contributed by atoms with Crippen molar-refractivity contribution in [3.05, 3.63) is 35.4 Å². The standard InChI is InChI=1S/C53H82N12O12S/c1-34(2)24-38-48(73)55-26-42(67)58(6)29-44(69)59(7)30-45(70)63(11)39(25-36-19-17-35(3)18-20-36)51(76)60(8)28-41(66)54-27-43(68)65-23-15-16-37(65)49(74)56-53(21-13-14-22-53)52(77)61(9)31-46(71)64(12)40(50(75)57(4)5)32-78-33-47(72)62(38)10/h17-20,34,37-40H,13-16,21-33H2,1-12H3,(H,54,66)(H,55,73)(H,56,74). The van der Waals surface area contributed by atoms with Crippen LogP contribution in [0.4, 0.5) is 0 Å². The summed E-state index contributed by atoms with van der Waals surface area (Å²) >= 11 is 1.07. The van der Waals surface area contributed by atoms with E-state index >= 15 is 0 Å². The van der Waals surface area contributed by atoms with E-state index < -0.39 is 140 Å². The number of carbonyl (C=O) groups is 12. The first-order valence-corrected chi connectivity index (χ1v) is 27.5. The molecule has 1 aromatic rings. The molecule has 2 saturated heterocycles. The monoisotopic (exact) mass is 1110 g/mol. The Bertz CT molecular complexity index is 2400. The highest BCUT2D eigenvalue weighted by atomic mass is 32.2. The first-order chi connectivity index (χ1) is 36.6. The lowest BCUT2D eigenvalue weighted by Gasteiger charge is -2.36. The number of nitrogens with zero attached hydrogens (tertiary/aromatic N) is 9. The van der Waals surface area contributed by atoms with Crippen molar-refractivity contribution in [1.82, 2.24) is 60.0 Å². The molecular weight excluding hydrogens is 1030 g/mol. The van der Waals surface area contributed by atoms with E-state index in [1.54, 1.807) is 0 Å². The molecule has 4 atom stereocenters. The molecular formula is C53H82N12O12S. The quantitative estimate of drug-likeness (QED) is 0.300. The van der Waals surface area contributed by atoms with Gasteiger partial charge in [0.25, 0.3) is 0 Å². The lowest BCUT2D eigenvalue weighted by atomic mass is 9.94. The predicted molar refractivity (Wildman–Crippen MR) is 291 cm³/mol. The first-order valence-electron chi connectivity index (χ1n) is 26.3. The average molecular weight is 1110 g/mol. The van der Waals surface area contributed by atoms with Crippen molar-refractivity contribution in [3.8, 4) is 0 Å². The summed E-state index contributed by atoms with van der Waals surface area (Å²) in [5.74, 6) is -7.22. The number of thioether (sulfide) groups is 1. The highest BCUT2D eigenvalue weighted by Gasteiger charge is 2.47. The number of likely N-dealkylation sites (N-methyl/N-ethyl adjacent to an activating group) is 8. The van der Waals surface area contributed by atoms with E-state index in [2.05, 4.69) is 16.0 Å². The van der Waals surface area contributed by atoms with Crippen LogP contribution in [0.3, 0.4) is 0 Å². The van der Waals surface area contributed by atoms with Crippen molar-refractivity contribution in [3.63, 3.8) is 0 Å². The fraction of sp³-hybridized carbons (Fsp3) is 0.660. The van der Waals surface area contributed by atoms with Gasteiger partial charge in [0.15, 0.2) is 0 Å². The van der Waals surface area contributed by atoms with Crippen LogP contribution in [0.1, 0.15) is 69.9 Å². The molecule has 0 aromatic heterocycles. The van der Waals surface area contributed by atoms with Crippen LogP contribution in [0.15, 0.2) is 24.3 Å². The number of carbonyl (C=O) groups excluding carboxylic acids is 12. The minimum Gasteiger partial charge on any atom is -0.347 e. The molecule has 3 N–H and O–H groups in total. The summed E-state index contributed by atoms with van der Waals surface area (Å²) in [6.45, 7) is 2.89. The van der Waals surface area contributed by atoms with Gasteiger partial charge in [-0.3, -0.25) is 57.5 Å². The van der Waals surface area contributed by atoms with Gasteiger partial charge < -0.3 is 60.0 Å². The maximum atomic E-state index is 14.4. The summed E-state index contributed by atoms with van der Waals surface area (Å²) in [6.07, 6.45) is 2.79. The Balaban J connectivity index is 1.63. The zero-order valence-corrected chi connectivity index (χ0v) is 48.4. The summed E-state index contributed by atoms with van der Waals surface area (Å²) in [5.41, 5.74) is 0.287. The van der Waals surface area contributed by atoms with E-state index in [9.17, 15) is 57.5 Å². The molecule has 432 valence electrons. The number of amides is 12. The Morgan fingerprint density at radius 3 is 1.83 bits per heavy atom. The van der Waals surface area contributed by atoms with Crippen molar-refractivity contribution >= 4 is 82.6 Å². The Morgan fingerprint density at radius 2 is 1.22 bits per heavy atom. The molecule has 0 radical (unpaired) electrons. The molecule has 25 heteroatoms. The van der Waals surface area contributed by atoms with Gasteiger partial charge in [-0.1, -0.05) is 56.5 Å². The Hall–Kier alpha value is -6.79. The van der Waals surface area contributed by atoms with Gasteiger partial charge in [-0.15, -0.1) is 11.8 Å².